The largest absolute Gasteiger partial charge is 0.493 e. The van der Waals surface area contributed by atoms with E-state index in [-0.39, 0.29) is 12.4 Å². The van der Waals surface area contributed by atoms with Gasteiger partial charge in [0.05, 0.1) is 31.7 Å². The first-order chi connectivity index (χ1) is 17.6. The van der Waals surface area contributed by atoms with Crippen molar-refractivity contribution in [1.29, 1.82) is 0 Å². The zero-order chi connectivity index (χ0) is 25.1. The lowest BCUT2D eigenvalue weighted by molar-refractivity contribution is 0.130. The van der Waals surface area contributed by atoms with Crippen molar-refractivity contribution in [3.63, 3.8) is 0 Å². The van der Waals surface area contributed by atoms with Gasteiger partial charge in [-0.05, 0) is 60.7 Å². The summed E-state index contributed by atoms with van der Waals surface area (Å²) in [7, 11) is 3.35. The van der Waals surface area contributed by atoms with Gasteiger partial charge < -0.3 is 14.3 Å². The second-order valence-corrected chi connectivity index (χ2v) is 9.39. The van der Waals surface area contributed by atoms with Gasteiger partial charge in [0.15, 0.2) is 11.5 Å². The zero-order valence-electron chi connectivity index (χ0n) is 21.0. The van der Waals surface area contributed by atoms with E-state index in [4.69, 9.17) is 19.3 Å². The second kappa shape index (κ2) is 10.5. The van der Waals surface area contributed by atoms with Crippen LogP contribution in [0.5, 0.6) is 11.5 Å². The molecule has 6 heteroatoms. The summed E-state index contributed by atoms with van der Waals surface area (Å²) in [6.07, 6.45) is 4.70. The number of nitrogens with zero attached hydrogens (tertiary/aromatic N) is 2. The molecular weight excluding hydrogens is 455 g/mol. The summed E-state index contributed by atoms with van der Waals surface area (Å²) in [5.41, 5.74) is 6.92. The Labute approximate surface area is 211 Å². The normalized spacial score (nSPS) is 19.1. The third kappa shape index (κ3) is 4.85. The van der Waals surface area contributed by atoms with E-state index in [1.807, 2.05) is 25.1 Å². The molecule has 1 fully saturated rings. The quantitative estimate of drug-likeness (QED) is 0.277. The Balaban J connectivity index is 1.41. The zero-order valence-corrected chi connectivity index (χ0v) is 21.0. The Morgan fingerprint density at radius 3 is 2.47 bits per heavy atom. The maximum atomic E-state index is 13.4. The van der Waals surface area contributed by atoms with Gasteiger partial charge >= 0.3 is 0 Å². The van der Waals surface area contributed by atoms with Crippen LogP contribution in [0.15, 0.2) is 70.8 Å². The van der Waals surface area contributed by atoms with Crippen LogP contribution < -0.4 is 9.47 Å². The SMILES string of the molecule is COc1cc2c(cc1OC)[C@H]1CCCC[C@H]1N=C2c1ccc(C(C)=NOCc2cccc(F)c2)cc1. The van der Waals surface area contributed by atoms with Crippen LogP contribution in [0.3, 0.4) is 0 Å². The fourth-order valence-corrected chi connectivity index (χ4v) is 5.25. The molecule has 1 heterocycles. The molecule has 1 saturated carbocycles. The van der Waals surface area contributed by atoms with Gasteiger partial charge in [-0.3, -0.25) is 4.99 Å². The minimum Gasteiger partial charge on any atom is -0.493 e. The van der Waals surface area contributed by atoms with E-state index in [0.717, 1.165) is 52.3 Å². The lowest BCUT2D eigenvalue weighted by atomic mass is 9.75. The monoisotopic (exact) mass is 486 g/mol. The lowest BCUT2D eigenvalue weighted by Gasteiger charge is -2.35. The molecule has 2 aliphatic rings. The van der Waals surface area contributed by atoms with Crippen LogP contribution in [-0.2, 0) is 11.4 Å². The Kier molecular flexibility index (Phi) is 7.03. The first-order valence-corrected chi connectivity index (χ1v) is 12.4. The fraction of sp³-hybridized carbons (Fsp3) is 0.333. The van der Waals surface area contributed by atoms with Crippen molar-refractivity contribution in [3.8, 4) is 11.5 Å². The molecule has 0 bridgehead atoms. The molecule has 186 valence electrons. The average molecular weight is 487 g/mol. The average Bonchev–Trinajstić information content (AvgIpc) is 2.92. The van der Waals surface area contributed by atoms with Gasteiger partial charge in [-0.15, -0.1) is 0 Å². The Morgan fingerprint density at radius 1 is 0.972 bits per heavy atom. The van der Waals surface area contributed by atoms with Gasteiger partial charge in [0.2, 0.25) is 0 Å². The van der Waals surface area contributed by atoms with Crippen LogP contribution in [0.2, 0.25) is 0 Å². The molecule has 0 spiro atoms. The van der Waals surface area contributed by atoms with Crippen molar-refractivity contribution in [3.05, 3.63) is 94.3 Å². The number of aliphatic imine (C=N–C) groups is 1. The van der Waals surface area contributed by atoms with Crippen LogP contribution in [0.1, 0.15) is 66.3 Å². The predicted molar refractivity (Wildman–Crippen MR) is 140 cm³/mol. The summed E-state index contributed by atoms with van der Waals surface area (Å²) in [5.74, 6) is 1.62. The Morgan fingerprint density at radius 2 is 1.72 bits per heavy atom. The molecule has 0 amide bonds. The summed E-state index contributed by atoms with van der Waals surface area (Å²) >= 11 is 0. The molecule has 3 aromatic rings. The van der Waals surface area contributed by atoms with Crippen LogP contribution in [-0.4, -0.2) is 31.7 Å². The maximum Gasteiger partial charge on any atom is 0.161 e. The topological polar surface area (TPSA) is 52.4 Å². The number of ether oxygens (including phenoxy) is 2. The van der Waals surface area contributed by atoms with Crippen molar-refractivity contribution >= 4 is 11.4 Å². The van der Waals surface area contributed by atoms with Crippen LogP contribution in [0.25, 0.3) is 0 Å². The van der Waals surface area contributed by atoms with Gasteiger partial charge in [-0.1, -0.05) is 54.4 Å². The molecule has 0 unspecified atom stereocenters. The van der Waals surface area contributed by atoms with Crippen LogP contribution in [0.4, 0.5) is 4.39 Å². The van der Waals surface area contributed by atoms with Gasteiger partial charge in [0.25, 0.3) is 0 Å². The predicted octanol–water partition coefficient (Wildman–Crippen LogP) is 6.66. The lowest BCUT2D eigenvalue weighted by Crippen LogP contribution is -2.29. The van der Waals surface area contributed by atoms with E-state index >= 15 is 0 Å². The van der Waals surface area contributed by atoms with Gasteiger partial charge in [-0.25, -0.2) is 4.39 Å². The van der Waals surface area contributed by atoms with Crippen molar-refractivity contribution in [2.75, 3.05) is 14.2 Å². The minimum atomic E-state index is -0.282. The summed E-state index contributed by atoms with van der Waals surface area (Å²) in [6, 6.07) is 19.1. The molecule has 5 rings (SSSR count). The number of fused-ring (bicyclic) bond motifs is 3. The number of hydrogen-bond donors (Lipinski definition) is 0. The highest BCUT2D eigenvalue weighted by atomic mass is 19.1. The molecule has 0 saturated heterocycles. The molecule has 1 aliphatic heterocycles. The standard InChI is InChI=1S/C30H31FN2O3/c1-19(33-36-18-20-7-6-8-23(31)15-20)21-11-13-22(14-12-21)30-26-17-29(35-3)28(34-2)16-25(26)24-9-4-5-10-27(24)32-30/h6-8,11-17,24,27H,4-5,9-10,18H2,1-3H3/t24-,27-/m1/s1. The van der Waals surface area contributed by atoms with Crippen molar-refractivity contribution in [2.45, 2.75) is 51.2 Å². The third-order valence-corrected chi connectivity index (χ3v) is 7.13. The number of hydrogen-bond acceptors (Lipinski definition) is 5. The van der Waals surface area contributed by atoms with E-state index in [0.29, 0.717) is 17.7 Å². The Bertz CT molecular complexity index is 1300. The molecule has 0 radical (unpaired) electrons. The number of methoxy groups -OCH3 is 2. The summed E-state index contributed by atoms with van der Waals surface area (Å²) in [5, 5.41) is 4.23. The summed E-state index contributed by atoms with van der Waals surface area (Å²) in [4.78, 5) is 10.7. The molecule has 36 heavy (non-hydrogen) atoms. The smallest absolute Gasteiger partial charge is 0.161 e. The molecule has 0 N–H and O–H groups in total. The van der Waals surface area contributed by atoms with Crippen LogP contribution in [0, 0.1) is 5.82 Å². The van der Waals surface area contributed by atoms with E-state index < -0.39 is 0 Å². The highest BCUT2D eigenvalue weighted by Crippen LogP contribution is 2.44. The molecule has 3 aromatic carbocycles. The highest BCUT2D eigenvalue weighted by molar-refractivity contribution is 6.15. The molecule has 1 aliphatic carbocycles. The van der Waals surface area contributed by atoms with E-state index in [1.54, 1.807) is 20.3 Å². The van der Waals surface area contributed by atoms with Crippen molar-refractivity contribution in [1.82, 2.24) is 0 Å². The first kappa shape index (κ1) is 24.0. The molecule has 2 atom stereocenters. The van der Waals surface area contributed by atoms with Gasteiger partial charge in [0, 0.05) is 17.0 Å². The number of benzene rings is 3. The molecule has 5 nitrogen and oxygen atoms in total. The third-order valence-electron chi connectivity index (χ3n) is 7.13. The van der Waals surface area contributed by atoms with Crippen molar-refractivity contribution < 1.29 is 18.7 Å². The van der Waals surface area contributed by atoms with Crippen LogP contribution >= 0.6 is 0 Å². The highest BCUT2D eigenvalue weighted by Gasteiger charge is 2.34. The fourth-order valence-electron chi connectivity index (χ4n) is 5.25. The number of halogens is 1. The van der Waals surface area contributed by atoms with Gasteiger partial charge in [0.1, 0.15) is 12.4 Å². The van der Waals surface area contributed by atoms with E-state index in [9.17, 15) is 4.39 Å². The van der Waals surface area contributed by atoms with Crippen molar-refractivity contribution in [2.24, 2.45) is 10.1 Å². The second-order valence-electron chi connectivity index (χ2n) is 9.39. The first-order valence-electron chi connectivity index (χ1n) is 12.4. The summed E-state index contributed by atoms with van der Waals surface area (Å²) in [6.45, 7) is 2.12. The van der Waals surface area contributed by atoms with E-state index in [1.165, 1.54) is 30.5 Å². The minimum absolute atomic E-state index is 0.217. The summed E-state index contributed by atoms with van der Waals surface area (Å²) < 4.78 is 24.6. The molecular formula is C30H31FN2O3. The number of oxime groups is 1. The maximum absolute atomic E-state index is 13.4. The van der Waals surface area contributed by atoms with E-state index in [2.05, 4.69) is 29.4 Å². The Hall–Kier alpha value is -3.67. The van der Waals surface area contributed by atoms with Gasteiger partial charge in [-0.2, -0.15) is 0 Å². The number of rotatable bonds is 7. The molecule has 0 aromatic heterocycles.